The minimum absolute atomic E-state index is 0. The molecule has 2 N–H and O–H groups in total. The molecule has 1 aromatic heterocycles. The summed E-state index contributed by atoms with van der Waals surface area (Å²) < 4.78 is 12.8. The monoisotopic (exact) mass is 531 g/mol. The highest BCUT2D eigenvalue weighted by Gasteiger charge is 2.17. The van der Waals surface area contributed by atoms with Crippen LogP contribution >= 0.6 is 24.0 Å². The molecule has 1 aromatic carbocycles. The van der Waals surface area contributed by atoms with Crippen LogP contribution < -0.4 is 20.1 Å². The molecule has 10 heteroatoms. The molecule has 30 heavy (non-hydrogen) atoms. The summed E-state index contributed by atoms with van der Waals surface area (Å²) in [5.41, 5.74) is 1.13. The molecule has 168 valence electrons. The number of methoxy groups -OCH3 is 2. The quantitative estimate of drug-likeness (QED) is 0.275. The fourth-order valence-electron chi connectivity index (χ4n) is 3.11. The van der Waals surface area contributed by atoms with E-state index in [9.17, 15) is 0 Å². The molecule has 9 nitrogen and oxygen atoms in total. The van der Waals surface area contributed by atoms with E-state index in [2.05, 4.69) is 57.8 Å². The van der Waals surface area contributed by atoms with Crippen molar-refractivity contribution in [3.8, 4) is 11.5 Å². The first-order chi connectivity index (χ1) is 14.0. The third-order valence-corrected chi connectivity index (χ3v) is 4.76. The molecule has 0 aliphatic carbocycles. The van der Waals surface area contributed by atoms with Crippen molar-refractivity contribution in [3.63, 3.8) is 0 Å². The van der Waals surface area contributed by atoms with Crippen LogP contribution in [0.3, 0.4) is 0 Å². The lowest BCUT2D eigenvalue weighted by Crippen LogP contribution is -2.42. The zero-order valence-electron chi connectivity index (χ0n) is 18.7. The van der Waals surface area contributed by atoms with E-state index in [1.54, 1.807) is 27.6 Å². The Labute approximate surface area is 196 Å². The average Bonchev–Trinajstić information content (AvgIpc) is 3.19. The van der Waals surface area contributed by atoms with Crippen LogP contribution in [0.25, 0.3) is 0 Å². The molecule has 0 radical (unpaired) electrons. The summed E-state index contributed by atoms with van der Waals surface area (Å²) in [5.74, 6) is 3.18. The number of likely N-dealkylation sites (N-methyl/N-ethyl adjacent to an activating group) is 1. The standard InChI is InChI=1S/C20H33N7O2.HI/c1-7-19-25-24-14-27(19)11-10-22-20(21-2)23-13-16(26(3)4)15-8-9-17(28-5)18(12-15)29-6;/h8-9,12,14,16H,7,10-11,13H2,1-6H3,(H2,21,22,23);1H. The number of hydrogen-bond acceptors (Lipinski definition) is 6. The molecule has 1 unspecified atom stereocenters. The molecule has 0 saturated heterocycles. The SMILES string of the molecule is CCc1nncn1CCNC(=NC)NCC(c1ccc(OC)c(OC)c1)N(C)C.I. The molecule has 0 fully saturated rings. The van der Waals surface area contributed by atoms with E-state index in [-0.39, 0.29) is 30.0 Å². The Bertz CT molecular complexity index is 795. The summed E-state index contributed by atoms with van der Waals surface area (Å²) >= 11 is 0. The van der Waals surface area contributed by atoms with Crippen molar-refractivity contribution in [3.05, 3.63) is 35.9 Å². The predicted octanol–water partition coefficient (Wildman–Crippen LogP) is 1.94. The first-order valence-electron chi connectivity index (χ1n) is 9.73. The molecular formula is C20H34IN7O2. The first kappa shape index (κ1) is 26.0. The van der Waals surface area contributed by atoms with Gasteiger partial charge in [-0.1, -0.05) is 13.0 Å². The van der Waals surface area contributed by atoms with Gasteiger partial charge in [0.1, 0.15) is 12.2 Å². The van der Waals surface area contributed by atoms with Crippen molar-refractivity contribution in [1.29, 1.82) is 0 Å². The van der Waals surface area contributed by atoms with Gasteiger partial charge < -0.3 is 29.6 Å². The molecular weight excluding hydrogens is 497 g/mol. The molecule has 1 heterocycles. The van der Waals surface area contributed by atoms with Gasteiger partial charge in [-0.2, -0.15) is 0 Å². The van der Waals surface area contributed by atoms with E-state index >= 15 is 0 Å². The summed E-state index contributed by atoms with van der Waals surface area (Å²) in [7, 11) is 9.17. The van der Waals surface area contributed by atoms with Gasteiger partial charge in [0.25, 0.3) is 0 Å². The molecule has 0 aliphatic rings. The second kappa shape index (κ2) is 13.3. The smallest absolute Gasteiger partial charge is 0.191 e. The van der Waals surface area contributed by atoms with Crippen molar-refractivity contribution in [1.82, 2.24) is 30.3 Å². The summed E-state index contributed by atoms with van der Waals surface area (Å²) in [6, 6.07) is 6.14. The van der Waals surface area contributed by atoms with Crippen LogP contribution in [-0.2, 0) is 13.0 Å². The number of halogens is 1. The highest BCUT2D eigenvalue weighted by Crippen LogP contribution is 2.31. The van der Waals surface area contributed by atoms with Crippen LogP contribution in [0.5, 0.6) is 11.5 Å². The second-order valence-electron chi connectivity index (χ2n) is 6.77. The van der Waals surface area contributed by atoms with E-state index in [4.69, 9.17) is 9.47 Å². The minimum atomic E-state index is 0. The Morgan fingerprint density at radius 3 is 2.53 bits per heavy atom. The number of aryl methyl sites for hydroxylation is 1. The van der Waals surface area contributed by atoms with Gasteiger partial charge in [-0.05, 0) is 31.8 Å². The van der Waals surface area contributed by atoms with Gasteiger partial charge in [0.2, 0.25) is 0 Å². The number of guanidine groups is 1. The van der Waals surface area contributed by atoms with E-state index in [0.29, 0.717) is 6.54 Å². The number of rotatable bonds is 10. The lowest BCUT2D eigenvalue weighted by Gasteiger charge is -2.26. The van der Waals surface area contributed by atoms with Gasteiger partial charge in [-0.3, -0.25) is 4.99 Å². The second-order valence-corrected chi connectivity index (χ2v) is 6.77. The number of hydrogen-bond donors (Lipinski definition) is 2. The highest BCUT2D eigenvalue weighted by molar-refractivity contribution is 14.0. The largest absolute Gasteiger partial charge is 0.493 e. The topological polar surface area (TPSA) is 88.8 Å². The van der Waals surface area contributed by atoms with Crippen molar-refractivity contribution in [2.45, 2.75) is 25.9 Å². The molecule has 0 bridgehead atoms. The summed E-state index contributed by atoms with van der Waals surface area (Å²) in [6.07, 6.45) is 2.62. The van der Waals surface area contributed by atoms with Gasteiger partial charge in [-0.15, -0.1) is 34.2 Å². The summed E-state index contributed by atoms with van der Waals surface area (Å²) in [4.78, 5) is 6.49. The molecule has 2 rings (SSSR count). The zero-order chi connectivity index (χ0) is 21.2. The van der Waals surface area contributed by atoms with Crippen LogP contribution in [0.4, 0.5) is 0 Å². The summed E-state index contributed by atoms with van der Waals surface area (Å²) in [5, 5.41) is 14.8. The Morgan fingerprint density at radius 1 is 1.20 bits per heavy atom. The first-order valence-corrected chi connectivity index (χ1v) is 9.73. The van der Waals surface area contributed by atoms with Gasteiger partial charge in [0.15, 0.2) is 17.5 Å². The van der Waals surface area contributed by atoms with Crippen molar-refractivity contribution in [2.75, 3.05) is 48.5 Å². The van der Waals surface area contributed by atoms with Gasteiger partial charge >= 0.3 is 0 Å². The van der Waals surface area contributed by atoms with E-state index < -0.39 is 0 Å². The van der Waals surface area contributed by atoms with Crippen molar-refractivity contribution < 1.29 is 9.47 Å². The van der Waals surface area contributed by atoms with Crippen LogP contribution in [0.1, 0.15) is 24.4 Å². The van der Waals surface area contributed by atoms with E-state index in [1.807, 2.05) is 16.7 Å². The fourth-order valence-corrected chi connectivity index (χ4v) is 3.11. The molecule has 0 spiro atoms. The van der Waals surface area contributed by atoms with E-state index in [0.717, 1.165) is 48.4 Å². The minimum Gasteiger partial charge on any atom is -0.493 e. The van der Waals surface area contributed by atoms with Crippen molar-refractivity contribution >= 4 is 29.9 Å². The Balaban J connectivity index is 0.00000450. The molecule has 0 saturated carbocycles. The molecule has 2 aromatic rings. The Hall–Kier alpha value is -2.08. The van der Waals surface area contributed by atoms with E-state index in [1.165, 1.54) is 0 Å². The van der Waals surface area contributed by atoms with Crippen LogP contribution in [-0.4, -0.2) is 74.1 Å². The molecule has 0 aliphatic heterocycles. The van der Waals surface area contributed by atoms with Gasteiger partial charge in [0.05, 0.1) is 20.3 Å². The fraction of sp³-hybridized carbons (Fsp3) is 0.550. The molecule has 1 atom stereocenters. The third kappa shape index (κ3) is 7.01. The zero-order valence-corrected chi connectivity index (χ0v) is 21.0. The normalized spacial score (nSPS) is 12.3. The lowest BCUT2D eigenvalue weighted by molar-refractivity contribution is 0.295. The highest BCUT2D eigenvalue weighted by atomic mass is 127. The lowest BCUT2D eigenvalue weighted by atomic mass is 10.1. The maximum Gasteiger partial charge on any atom is 0.191 e. The van der Waals surface area contributed by atoms with Crippen molar-refractivity contribution in [2.24, 2.45) is 4.99 Å². The predicted molar refractivity (Wildman–Crippen MR) is 130 cm³/mol. The maximum absolute atomic E-state index is 5.45. The number of nitrogens with zero attached hydrogens (tertiary/aromatic N) is 5. The number of aromatic nitrogens is 3. The Kier molecular flexibility index (Phi) is 11.5. The van der Waals surface area contributed by atoms with Crippen LogP contribution in [0.15, 0.2) is 29.5 Å². The Morgan fingerprint density at radius 2 is 1.93 bits per heavy atom. The summed E-state index contributed by atoms with van der Waals surface area (Å²) in [6.45, 7) is 4.27. The average molecular weight is 531 g/mol. The number of ether oxygens (including phenoxy) is 2. The van der Waals surface area contributed by atoms with Crippen LogP contribution in [0.2, 0.25) is 0 Å². The number of benzene rings is 1. The van der Waals surface area contributed by atoms with Gasteiger partial charge in [-0.25, -0.2) is 0 Å². The van der Waals surface area contributed by atoms with Gasteiger partial charge in [0, 0.05) is 33.1 Å². The number of aliphatic imine (C=N–C) groups is 1. The van der Waals surface area contributed by atoms with Crippen LogP contribution in [0, 0.1) is 0 Å². The third-order valence-electron chi connectivity index (χ3n) is 4.76. The number of nitrogens with one attached hydrogen (secondary N) is 2. The maximum atomic E-state index is 5.45. The molecule has 0 amide bonds.